The van der Waals surface area contributed by atoms with Crippen molar-refractivity contribution in [2.45, 2.75) is 84.3 Å². The number of likely N-dealkylation sites (tertiary alicyclic amines) is 1. The first kappa shape index (κ1) is 15.3. The van der Waals surface area contributed by atoms with E-state index in [1.165, 1.54) is 45.1 Å². The van der Waals surface area contributed by atoms with E-state index in [0.29, 0.717) is 0 Å². The van der Waals surface area contributed by atoms with Crippen LogP contribution in [0.3, 0.4) is 0 Å². The van der Waals surface area contributed by atoms with Crippen LogP contribution in [0.1, 0.15) is 66.2 Å². The Balaban J connectivity index is 2.05. The molecule has 2 rings (SSSR count). The number of hydrogen-bond acceptors (Lipinski definition) is 2. The fourth-order valence-electron chi connectivity index (χ4n) is 4.26. The van der Waals surface area contributed by atoms with Gasteiger partial charge in [0.1, 0.15) is 0 Å². The average molecular weight is 266 g/mol. The molecule has 4 atom stereocenters. The van der Waals surface area contributed by atoms with E-state index >= 15 is 0 Å². The van der Waals surface area contributed by atoms with Crippen molar-refractivity contribution in [1.29, 1.82) is 0 Å². The van der Waals surface area contributed by atoms with Crippen molar-refractivity contribution in [3.63, 3.8) is 0 Å². The lowest BCUT2D eigenvalue weighted by molar-refractivity contribution is 0.0363. The van der Waals surface area contributed by atoms with Crippen LogP contribution in [0.5, 0.6) is 0 Å². The van der Waals surface area contributed by atoms with Gasteiger partial charge in [-0.25, -0.2) is 0 Å². The van der Waals surface area contributed by atoms with Crippen molar-refractivity contribution in [2.75, 3.05) is 13.1 Å². The third kappa shape index (κ3) is 3.72. The highest BCUT2D eigenvalue weighted by Gasteiger charge is 2.37. The second kappa shape index (κ2) is 7.08. The molecule has 1 saturated heterocycles. The molecule has 1 aliphatic carbocycles. The van der Waals surface area contributed by atoms with Gasteiger partial charge in [0.05, 0.1) is 0 Å². The summed E-state index contributed by atoms with van der Waals surface area (Å²) in [5.74, 6) is 1.79. The minimum absolute atomic E-state index is 0.737. The molecule has 1 aliphatic heterocycles. The topological polar surface area (TPSA) is 15.3 Å². The first-order valence-corrected chi connectivity index (χ1v) is 8.62. The molecule has 1 heterocycles. The van der Waals surface area contributed by atoms with Crippen LogP contribution >= 0.6 is 0 Å². The van der Waals surface area contributed by atoms with Crippen molar-refractivity contribution in [3.05, 3.63) is 0 Å². The molecule has 112 valence electrons. The molecule has 0 spiro atoms. The van der Waals surface area contributed by atoms with Crippen molar-refractivity contribution in [1.82, 2.24) is 10.2 Å². The van der Waals surface area contributed by atoms with Gasteiger partial charge in [0.2, 0.25) is 0 Å². The van der Waals surface area contributed by atoms with Gasteiger partial charge in [-0.05, 0) is 64.0 Å². The van der Waals surface area contributed by atoms with Crippen LogP contribution in [-0.2, 0) is 0 Å². The minimum atomic E-state index is 0.737. The third-order valence-corrected chi connectivity index (χ3v) is 5.55. The van der Waals surface area contributed by atoms with Gasteiger partial charge in [0, 0.05) is 18.1 Å². The zero-order chi connectivity index (χ0) is 13.8. The summed E-state index contributed by atoms with van der Waals surface area (Å²) < 4.78 is 0. The summed E-state index contributed by atoms with van der Waals surface area (Å²) in [6, 6.07) is 2.32. The Morgan fingerprint density at radius 3 is 2.58 bits per heavy atom. The second-order valence-electron chi connectivity index (χ2n) is 7.13. The van der Waals surface area contributed by atoms with Crippen molar-refractivity contribution in [2.24, 2.45) is 11.8 Å². The van der Waals surface area contributed by atoms with E-state index in [1.54, 1.807) is 0 Å². The molecule has 0 amide bonds. The summed E-state index contributed by atoms with van der Waals surface area (Å²) in [6.45, 7) is 12.0. The summed E-state index contributed by atoms with van der Waals surface area (Å²) >= 11 is 0. The Bertz CT molecular complexity index is 264. The number of likely N-dealkylation sites (N-methyl/N-ethyl adjacent to an activating group) is 1. The Hall–Kier alpha value is -0.0800. The lowest BCUT2D eigenvalue weighted by Gasteiger charge is -2.48. The van der Waals surface area contributed by atoms with Crippen molar-refractivity contribution < 1.29 is 0 Å². The van der Waals surface area contributed by atoms with Crippen LogP contribution in [0.25, 0.3) is 0 Å². The number of rotatable bonds is 4. The molecule has 2 fully saturated rings. The molecular formula is C17H34N2. The molecule has 1 N–H and O–H groups in total. The van der Waals surface area contributed by atoms with Gasteiger partial charge in [-0.15, -0.1) is 0 Å². The molecule has 0 aromatic heterocycles. The van der Waals surface area contributed by atoms with Crippen molar-refractivity contribution >= 4 is 0 Å². The zero-order valence-corrected chi connectivity index (χ0v) is 13.5. The van der Waals surface area contributed by atoms with E-state index in [-0.39, 0.29) is 0 Å². The molecule has 19 heavy (non-hydrogen) atoms. The molecule has 2 aliphatic rings. The smallest absolute Gasteiger partial charge is 0.0254 e. The molecule has 2 heteroatoms. The number of nitrogens with zero attached hydrogens (tertiary/aromatic N) is 1. The fourth-order valence-corrected chi connectivity index (χ4v) is 4.26. The van der Waals surface area contributed by atoms with E-state index in [2.05, 4.69) is 37.9 Å². The van der Waals surface area contributed by atoms with E-state index in [0.717, 1.165) is 36.5 Å². The molecular weight excluding hydrogens is 232 g/mol. The highest BCUT2D eigenvalue weighted by atomic mass is 15.2. The predicted molar refractivity (Wildman–Crippen MR) is 83.5 cm³/mol. The van der Waals surface area contributed by atoms with Gasteiger partial charge >= 0.3 is 0 Å². The maximum atomic E-state index is 3.77. The van der Waals surface area contributed by atoms with Gasteiger partial charge in [-0.3, -0.25) is 4.90 Å². The van der Waals surface area contributed by atoms with Crippen LogP contribution in [0, 0.1) is 11.8 Å². The normalized spacial score (nSPS) is 37.7. The maximum absolute atomic E-state index is 3.77. The Labute approximate surface area is 120 Å². The molecule has 2 nitrogen and oxygen atoms in total. The summed E-state index contributed by atoms with van der Waals surface area (Å²) in [5.41, 5.74) is 0. The van der Waals surface area contributed by atoms with Crippen LogP contribution < -0.4 is 5.32 Å². The quantitative estimate of drug-likeness (QED) is 0.835. The maximum Gasteiger partial charge on any atom is 0.0254 e. The summed E-state index contributed by atoms with van der Waals surface area (Å²) in [6.07, 6.45) is 8.47. The SMILES string of the molecule is CCNC1CCC(C(C)C)CC1N1CCCCC1C. The first-order valence-electron chi connectivity index (χ1n) is 8.62. The minimum Gasteiger partial charge on any atom is -0.313 e. The van der Waals surface area contributed by atoms with Crippen LogP contribution in [0.4, 0.5) is 0 Å². The molecule has 0 radical (unpaired) electrons. The number of nitrogens with one attached hydrogen (secondary N) is 1. The average Bonchev–Trinajstić information content (AvgIpc) is 2.40. The monoisotopic (exact) mass is 266 g/mol. The molecule has 0 aromatic rings. The van der Waals surface area contributed by atoms with Crippen LogP contribution in [0.15, 0.2) is 0 Å². The molecule has 4 unspecified atom stereocenters. The van der Waals surface area contributed by atoms with E-state index in [1.807, 2.05) is 0 Å². The number of hydrogen-bond donors (Lipinski definition) is 1. The van der Waals surface area contributed by atoms with Gasteiger partial charge in [0.25, 0.3) is 0 Å². The summed E-state index contributed by atoms with van der Waals surface area (Å²) in [5, 5.41) is 3.77. The van der Waals surface area contributed by atoms with Crippen LogP contribution in [0.2, 0.25) is 0 Å². The van der Waals surface area contributed by atoms with Gasteiger partial charge < -0.3 is 5.32 Å². The fraction of sp³-hybridized carbons (Fsp3) is 1.00. The lowest BCUT2D eigenvalue weighted by Crippen LogP contribution is -2.57. The molecule has 0 bridgehead atoms. The predicted octanol–water partition coefficient (Wildman–Crippen LogP) is 3.66. The zero-order valence-electron chi connectivity index (χ0n) is 13.5. The highest BCUT2D eigenvalue weighted by molar-refractivity contribution is 4.94. The van der Waals surface area contributed by atoms with Crippen LogP contribution in [-0.4, -0.2) is 36.1 Å². The Morgan fingerprint density at radius 1 is 1.16 bits per heavy atom. The Morgan fingerprint density at radius 2 is 1.95 bits per heavy atom. The first-order chi connectivity index (χ1) is 9.13. The van der Waals surface area contributed by atoms with Crippen molar-refractivity contribution in [3.8, 4) is 0 Å². The summed E-state index contributed by atoms with van der Waals surface area (Å²) in [4.78, 5) is 2.84. The van der Waals surface area contributed by atoms with Gasteiger partial charge in [-0.2, -0.15) is 0 Å². The highest BCUT2D eigenvalue weighted by Crippen LogP contribution is 2.35. The lowest BCUT2D eigenvalue weighted by atomic mass is 9.75. The third-order valence-electron chi connectivity index (χ3n) is 5.55. The molecule has 0 aromatic carbocycles. The second-order valence-corrected chi connectivity index (χ2v) is 7.13. The van der Waals surface area contributed by atoms with E-state index in [9.17, 15) is 0 Å². The van der Waals surface area contributed by atoms with E-state index < -0.39 is 0 Å². The Kier molecular flexibility index (Phi) is 5.70. The van der Waals surface area contributed by atoms with E-state index in [4.69, 9.17) is 0 Å². The largest absolute Gasteiger partial charge is 0.313 e. The number of piperidine rings is 1. The van der Waals surface area contributed by atoms with Gasteiger partial charge in [-0.1, -0.05) is 27.2 Å². The van der Waals surface area contributed by atoms with Gasteiger partial charge in [0.15, 0.2) is 0 Å². The molecule has 1 saturated carbocycles. The summed E-state index contributed by atoms with van der Waals surface area (Å²) in [7, 11) is 0. The standard InChI is InChI=1S/C17H34N2/c1-5-18-16-10-9-15(13(2)3)12-17(16)19-11-7-6-8-14(19)4/h13-18H,5-12H2,1-4H3.